The van der Waals surface area contributed by atoms with E-state index in [1.54, 1.807) is 6.07 Å². The number of carbonyl (C=O) groups excluding carboxylic acids is 1. The van der Waals surface area contributed by atoms with Crippen LogP contribution in [0.15, 0.2) is 18.2 Å². The summed E-state index contributed by atoms with van der Waals surface area (Å²) in [5.74, 6) is 0.687. The largest absolute Gasteiger partial charge is 0.352 e. The number of hydrogen-bond donors (Lipinski definition) is 2. The Labute approximate surface area is 129 Å². The van der Waals surface area contributed by atoms with Gasteiger partial charge in [0.2, 0.25) is 5.91 Å². The Morgan fingerprint density at radius 1 is 1.35 bits per heavy atom. The summed E-state index contributed by atoms with van der Waals surface area (Å²) in [6.45, 7) is 0.531. The summed E-state index contributed by atoms with van der Waals surface area (Å²) >= 11 is 11.8. The van der Waals surface area contributed by atoms with Gasteiger partial charge < -0.3 is 11.1 Å². The molecular weight excluding hydrogens is 295 g/mol. The molecule has 1 aliphatic carbocycles. The smallest absolute Gasteiger partial charge is 0.220 e. The van der Waals surface area contributed by atoms with E-state index >= 15 is 0 Å². The van der Waals surface area contributed by atoms with E-state index in [-0.39, 0.29) is 11.9 Å². The number of hydrogen-bond acceptors (Lipinski definition) is 2. The third-order valence-electron chi connectivity index (χ3n) is 3.64. The minimum atomic E-state index is 0.0902. The van der Waals surface area contributed by atoms with E-state index in [2.05, 4.69) is 5.32 Å². The van der Waals surface area contributed by atoms with Crippen molar-refractivity contribution in [1.29, 1.82) is 0 Å². The highest BCUT2D eigenvalue weighted by atomic mass is 35.5. The summed E-state index contributed by atoms with van der Waals surface area (Å²) in [5, 5.41) is 4.14. The predicted molar refractivity (Wildman–Crippen MR) is 83.1 cm³/mol. The van der Waals surface area contributed by atoms with Crippen molar-refractivity contribution >= 4 is 29.1 Å². The van der Waals surface area contributed by atoms with Crippen LogP contribution in [-0.2, 0) is 11.2 Å². The summed E-state index contributed by atoms with van der Waals surface area (Å²) in [5.41, 5.74) is 6.77. The average molecular weight is 315 g/mol. The van der Waals surface area contributed by atoms with Gasteiger partial charge in [0, 0.05) is 19.0 Å². The van der Waals surface area contributed by atoms with Crippen molar-refractivity contribution < 1.29 is 4.79 Å². The Balaban J connectivity index is 1.71. The Kier molecular flexibility index (Phi) is 5.70. The molecule has 1 aromatic rings. The molecule has 0 heterocycles. The number of aryl methyl sites for hydroxylation is 1. The molecule has 5 heteroatoms. The summed E-state index contributed by atoms with van der Waals surface area (Å²) in [6.07, 6.45) is 4.51. The van der Waals surface area contributed by atoms with E-state index in [0.717, 1.165) is 18.4 Å². The van der Waals surface area contributed by atoms with Crippen LogP contribution in [0.5, 0.6) is 0 Å². The Bertz CT molecular complexity index is 475. The first-order valence-electron chi connectivity index (χ1n) is 7.03. The number of nitrogens with one attached hydrogen (secondary N) is 1. The molecule has 1 saturated carbocycles. The SMILES string of the molecule is NCC(NC(=O)CCCc1ccc(Cl)c(Cl)c1)C1CC1. The molecule has 0 bridgehead atoms. The quantitative estimate of drug-likeness (QED) is 0.812. The lowest BCUT2D eigenvalue weighted by Gasteiger charge is -2.15. The van der Waals surface area contributed by atoms with Gasteiger partial charge in [-0.3, -0.25) is 4.79 Å². The number of carbonyl (C=O) groups is 1. The van der Waals surface area contributed by atoms with E-state index in [9.17, 15) is 4.79 Å². The zero-order chi connectivity index (χ0) is 14.5. The zero-order valence-corrected chi connectivity index (χ0v) is 12.9. The minimum Gasteiger partial charge on any atom is -0.352 e. The van der Waals surface area contributed by atoms with Gasteiger partial charge in [-0.1, -0.05) is 29.3 Å². The zero-order valence-electron chi connectivity index (χ0n) is 11.4. The number of benzene rings is 1. The second-order valence-electron chi connectivity index (χ2n) is 5.35. The van der Waals surface area contributed by atoms with Crippen LogP contribution in [-0.4, -0.2) is 18.5 Å². The molecule has 110 valence electrons. The highest BCUT2D eigenvalue weighted by Crippen LogP contribution is 2.32. The van der Waals surface area contributed by atoms with Gasteiger partial charge in [0.1, 0.15) is 0 Å². The van der Waals surface area contributed by atoms with E-state index < -0.39 is 0 Å². The van der Waals surface area contributed by atoms with Gasteiger partial charge in [-0.2, -0.15) is 0 Å². The summed E-state index contributed by atoms with van der Waals surface area (Å²) in [6, 6.07) is 5.75. The third-order valence-corrected chi connectivity index (χ3v) is 4.38. The molecule has 1 fully saturated rings. The lowest BCUT2D eigenvalue weighted by molar-refractivity contribution is -0.122. The third kappa shape index (κ3) is 4.65. The first-order chi connectivity index (χ1) is 9.60. The molecule has 0 spiro atoms. The Morgan fingerprint density at radius 2 is 2.10 bits per heavy atom. The first-order valence-corrected chi connectivity index (χ1v) is 7.79. The normalized spacial score (nSPS) is 15.9. The topological polar surface area (TPSA) is 55.1 Å². The van der Waals surface area contributed by atoms with Crippen molar-refractivity contribution in [3.8, 4) is 0 Å². The molecule has 1 aliphatic rings. The van der Waals surface area contributed by atoms with Gasteiger partial charge in [0.25, 0.3) is 0 Å². The molecular formula is C15H20Cl2N2O. The van der Waals surface area contributed by atoms with Gasteiger partial charge in [-0.25, -0.2) is 0 Å². The van der Waals surface area contributed by atoms with Crippen LogP contribution in [0, 0.1) is 5.92 Å². The van der Waals surface area contributed by atoms with Gasteiger partial charge >= 0.3 is 0 Å². The second-order valence-corrected chi connectivity index (χ2v) is 6.16. The fraction of sp³-hybridized carbons (Fsp3) is 0.533. The highest BCUT2D eigenvalue weighted by Gasteiger charge is 2.30. The monoisotopic (exact) mass is 314 g/mol. The van der Waals surface area contributed by atoms with Crippen LogP contribution in [0.2, 0.25) is 10.0 Å². The number of halogens is 2. The summed E-state index contributed by atoms with van der Waals surface area (Å²) < 4.78 is 0. The summed E-state index contributed by atoms with van der Waals surface area (Å²) in [4.78, 5) is 11.8. The van der Waals surface area contributed by atoms with Gasteiger partial charge in [-0.15, -0.1) is 0 Å². The van der Waals surface area contributed by atoms with E-state index in [4.69, 9.17) is 28.9 Å². The van der Waals surface area contributed by atoms with Crippen molar-refractivity contribution in [3.63, 3.8) is 0 Å². The first kappa shape index (κ1) is 15.6. The fourth-order valence-corrected chi connectivity index (χ4v) is 2.62. The molecule has 0 radical (unpaired) electrons. The van der Waals surface area contributed by atoms with Crippen molar-refractivity contribution in [3.05, 3.63) is 33.8 Å². The van der Waals surface area contributed by atoms with Gasteiger partial charge in [0.05, 0.1) is 10.0 Å². The standard InChI is InChI=1S/C15H20Cl2N2O/c16-12-7-4-10(8-13(12)17)2-1-3-15(20)19-14(9-18)11-5-6-11/h4,7-8,11,14H,1-3,5-6,9,18H2,(H,19,20). The molecule has 1 atom stereocenters. The van der Waals surface area contributed by atoms with Gasteiger partial charge in [-0.05, 0) is 49.3 Å². The lowest BCUT2D eigenvalue weighted by atomic mass is 10.1. The molecule has 3 nitrogen and oxygen atoms in total. The maximum Gasteiger partial charge on any atom is 0.220 e. The number of nitrogens with two attached hydrogens (primary N) is 1. The van der Waals surface area contributed by atoms with Crippen LogP contribution in [0.1, 0.15) is 31.2 Å². The molecule has 0 aliphatic heterocycles. The minimum absolute atomic E-state index is 0.0902. The van der Waals surface area contributed by atoms with Gasteiger partial charge in [0.15, 0.2) is 0 Å². The maximum atomic E-state index is 11.8. The molecule has 0 aromatic heterocycles. The van der Waals surface area contributed by atoms with E-state index in [1.807, 2.05) is 12.1 Å². The van der Waals surface area contributed by atoms with Crippen molar-refractivity contribution in [1.82, 2.24) is 5.32 Å². The lowest BCUT2D eigenvalue weighted by Crippen LogP contribution is -2.41. The van der Waals surface area contributed by atoms with Crippen molar-refractivity contribution in [2.45, 2.75) is 38.1 Å². The highest BCUT2D eigenvalue weighted by molar-refractivity contribution is 6.42. The summed E-state index contributed by atoms with van der Waals surface area (Å²) in [7, 11) is 0. The van der Waals surface area contributed by atoms with Crippen LogP contribution in [0.4, 0.5) is 0 Å². The fourth-order valence-electron chi connectivity index (χ4n) is 2.29. The van der Waals surface area contributed by atoms with Crippen molar-refractivity contribution in [2.75, 3.05) is 6.54 Å². The molecule has 0 saturated heterocycles. The molecule has 3 N–H and O–H groups in total. The molecule has 1 aromatic carbocycles. The Hall–Kier alpha value is -0.770. The number of rotatable bonds is 7. The van der Waals surface area contributed by atoms with E-state index in [0.29, 0.717) is 28.9 Å². The Morgan fingerprint density at radius 3 is 2.70 bits per heavy atom. The molecule has 2 rings (SSSR count). The van der Waals surface area contributed by atoms with Crippen LogP contribution in [0.3, 0.4) is 0 Å². The predicted octanol–water partition coefficient (Wildman–Crippen LogP) is 3.17. The second kappa shape index (κ2) is 7.30. The molecule has 20 heavy (non-hydrogen) atoms. The van der Waals surface area contributed by atoms with Crippen LogP contribution < -0.4 is 11.1 Å². The van der Waals surface area contributed by atoms with Crippen molar-refractivity contribution in [2.24, 2.45) is 11.7 Å². The van der Waals surface area contributed by atoms with Crippen LogP contribution in [0.25, 0.3) is 0 Å². The molecule has 1 amide bonds. The van der Waals surface area contributed by atoms with Crippen LogP contribution >= 0.6 is 23.2 Å². The maximum absolute atomic E-state index is 11.8. The van der Waals surface area contributed by atoms with E-state index in [1.165, 1.54) is 12.8 Å². The number of amides is 1. The molecule has 1 unspecified atom stereocenters. The average Bonchev–Trinajstić information content (AvgIpc) is 3.24.